The van der Waals surface area contributed by atoms with Gasteiger partial charge in [0.2, 0.25) is 0 Å². The fourth-order valence-corrected chi connectivity index (χ4v) is 3.19. The molecule has 0 N–H and O–H groups in total. The zero-order valence-corrected chi connectivity index (χ0v) is 16.9. The molecule has 8 heteroatoms. The third-order valence-electron chi connectivity index (χ3n) is 4.16. The Morgan fingerprint density at radius 1 is 1.27 bits per heavy atom. The van der Waals surface area contributed by atoms with Crippen LogP contribution in [-0.2, 0) is 17.5 Å². The van der Waals surface area contributed by atoms with Crippen molar-refractivity contribution in [2.45, 2.75) is 52.1 Å². The maximum atomic E-state index is 12.9. The van der Waals surface area contributed by atoms with Crippen LogP contribution in [0, 0.1) is 0 Å². The van der Waals surface area contributed by atoms with Crippen molar-refractivity contribution in [3.8, 4) is 0 Å². The molecule has 2 rings (SSSR count). The van der Waals surface area contributed by atoms with Gasteiger partial charge in [-0.2, -0.15) is 13.2 Å². The van der Waals surface area contributed by atoms with Gasteiger partial charge in [0.25, 0.3) is 0 Å². The van der Waals surface area contributed by atoms with Crippen LogP contribution >= 0.6 is 15.9 Å². The molecule has 0 radical (unpaired) electrons. The molecule has 1 aromatic carbocycles. The molecular weight excluding hydrogens is 413 g/mol. The lowest BCUT2D eigenvalue weighted by molar-refractivity contribution is -0.137. The van der Waals surface area contributed by atoms with Crippen molar-refractivity contribution < 1.29 is 22.7 Å². The molecule has 4 nitrogen and oxygen atoms in total. The van der Waals surface area contributed by atoms with Crippen molar-refractivity contribution in [2.24, 2.45) is 0 Å². The monoisotopic (exact) mass is 436 g/mol. The van der Waals surface area contributed by atoms with E-state index in [4.69, 9.17) is 4.74 Å². The van der Waals surface area contributed by atoms with Gasteiger partial charge in [-0.05, 0) is 51.5 Å². The van der Waals surface area contributed by atoms with Crippen LogP contribution in [0.2, 0.25) is 0 Å². The van der Waals surface area contributed by atoms with Crippen LogP contribution in [0.15, 0.2) is 22.7 Å². The van der Waals surface area contributed by atoms with Crippen LogP contribution < -0.4 is 0 Å². The zero-order chi connectivity index (χ0) is 19.7. The summed E-state index contributed by atoms with van der Waals surface area (Å²) in [5, 5.41) is 0. The Bertz CT molecular complexity index is 659. The number of alkyl halides is 3. The third-order valence-corrected chi connectivity index (χ3v) is 4.94. The Kier molecular flexibility index (Phi) is 6.28. The van der Waals surface area contributed by atoms with E-state index in [9.17, 15) is 18.0 Å². The van der Waals surface area contributed by atoms with E-state index in [1.165, 1.54) is 12.1 Å². The minimum absolute atomic E-state index is 0.0118. The van der Waals surface area contributed by atoms with Gasteiger partial charge in [0, 0.05) is 36.7 Å². The Morgan fingerprint density at radius 2 is 1.92 bits per heavy atom. The number of carbonyl (C=O) groups excluding carboxylic acids is 1. The van der Waals surface area contributed by atoms with Crippen molar-refractivity contribution >= 4 is 22.0 Å². The molecule has 0 unspecified atom stereocenters. The van der Waals surface area contributed by atoms with E-state index in [1.54, 1.807) is 4.90 Å². The van der Waals surface area contributed by atoms with E-state index in [2.05, 4.69) is 20.8 Å². The number of ether oxygens (including phenoxy) is 1. The van der Waals surface area contributed by atoms with Crippen LogP contribution in [-0.4, -0.2) is 47.2 Å². The first-order chi connectivity index (χ1) is 11.9. The summed E-state index contributed by atoms with van der Waals surface area (Å²) in [6.07, 6.45) is -4.72. The van der Waals surface area contributed by atoms with E-state index in [0.717, 1.165) is 6.07 Å². The normalized spacial score (nSPS) is 19.5. The van der Waals surface area contributed by atoms with Gasteiger partial charge < -0.3 is 9.64 Å². The van der Waals surface area contributed by atoms with Crippen LogP contribution in [0.3, 0.4) is 0 Å². The number of carbonyl (C=O) groups is 1. The Labute approximate surface area is 160 Å². The molecule has 1 atom stereocenters. The number of hydrogen-bond acceptors (Lipinski definition) is 3. The van der Waals surface area contributed by atoms with Gasteiger partial charge in [-0.3, -0.25) is 4.90 Å². The number of amides is 1. The molecular formula is C18H24BrF3N2O2. The molecule has 146 valence electrons. The van der Waals surface area contributed by atoms with Crippen LogP contribution in [0.25, 0.3) is 0 Å². The van der Waals surface area contributed by atoms with Gasteiger partial charge >= 0.3 is 12.3 Å². The number of hydrogen-bond donors (Lipinski definition) is 0. The second kappa shape index (κ2) is 7.76. The molecule has 1 heterocycles. The lowest BCUT2D eigenvalue weighted by Gasteiger charge is -2.40. The second-order valence-corrected chi connectivity index (χ2v) is 8.40. The molecule has 0 aromatic heterocycles. The molecule has 1 aromatic rings. The number of halogens is 4. The third kappa shape index (κ3) is 5.61. The van der Waals surface area contributed by atoms with Crippen molar-refractivity contribution in [2.75, 3.05) is 19.6 Å². The highest BCUT2D eigenvalue weighted by molar-refractivity contribution is 9.10. The van der Waals surface area contributed by atoms with Gasteiger partial charge in [0.05, 0.1) is 5.56 Å². The van der Waals surface area contributed by atoms with Gasteiger partial charge in [-0.1, -0.05) is 15.9 Å². The number of nitrogens with zero attached hydrogens (tertiary/aromatic N) is 2. The van der Waals surface area contributed by atoms with Crippen molar-refractivity contribution in [1.82, 2.24) is 9.80 Å². The van der Waals surface area contributed by atoms with Crippen molar-refractivity contribution in [3.05, 3.63) is 33.8 Å². The minimum Gasteiger partial charge on any atom is -0.444 e. The maximum Gasteiger partial charge on any atom is 0.416 e. The van der Waals surface area contributed by atoms with E-state index in [-0.39, 0.29) is 12.1 Å². The molecule has 1 saturated heterocycles. The average Bonchev–Trinajstić information content (AvgIpc) is 2.48. The average molecular weight is 437 g/mol. The predicted octanol–water partition coefficient (Wildman–Crippen LogP) is 4.91. The largest absolute Gasteiger partial charge is 0.444 e. The summed E-state index contributed by atoms with van der Waals surface area (Å²) in [4.78, 5) is 15.9. The van der Waals surface area contributed by atoms with Gasteiger partial charge in [0.1, 0.15) is 5.60 Å². The number of piperazine rings is 1. The van der Waals surface area contributed by atoms with E-state index < -0.39 is 17.3 Å². The number of benzene rings is 1. The summed E-state index contributed by atoms with van der Waals surface area (Å²) >= 11 is 3.33. The first-order valence-corrected chi connectivity index (χ1v) is 9.24. The fourth-order valence-electron chi connectivity index (χ4n) is 2.81. The SMILES string of the molecule is C[C@@H]1CN(C(=O)OC(C)(C)C)CCN1Cc1cc(C(F)(F)F)ccc1Br. The molecule has 1 aliphatic rings. The van der Waals surface area contributed by atoms with Crippen LogP contribution in [0.5, 0.6) is 0 Å². The highest BCUT2D eigenvalue weighted by Gasteiger charge is 2.32. The van der Waals surface area contributed by atoms with Crippen molar-refractivity contribution in [3.63, 3.8) is 0 Å². The van der Waals surface area contributed by atoms with E-state index in [1.807, 2.05) is 27.7 Å². The lowest BCUT2D eigenvalue weighted by atomic mass is 10.1. The summed E-state index contributed by atoms with van der Waals surface area (Å²) in [5.41, 5.74) is -0.631. The van der Waals surface area contributed by atoms with Crippen LogP contribution in [0.4, 0.5) is 18.0 Å². The van der Waals surface area contributed by atoms with E-state index >= 15 is 0 Å². The summed E-state index contributed by atoms with van der Waals surface area (Å²) in [6, 6.07) is 3.69. The molecule has 1 fully saturated rings. The molecule has 26 heavy (non-hydrogen) atoms. The smallest absolute Gasteiger partial charge is 0.416 e. The molecule has 0 bridgehead atoms. The van der Waals surface area contributed by atoms with Gasteiger partial charge in [0.15, 0.2) is 0 Å². The molecule has 1 aliphatic heterocycles. The Balaban J connectivity index is 2.04. The van der Waals surface area contributed by atoms with Crippen molar-refractivity contribution in [1.29, 1.82) is 0 Å². The lowest BCUT2D eigenvalue weighted by Crippen LogP contribution is -2.54. The summed E-state index contributed by atoms with van der Waals surface area (Å²) in [5.74, 6) is 0. The summed E-state index contributed by atoms with van der Waals surface area (Å²) < 4.78 is 44.9. The van der Waals surface area contributed by atoms with Gasteiger partial charge in [-0.15, -0.1) is 0 Å². The minimum atomic E-state index is -4.36. The topological polar surface area (TPSA) is 32.8 Å². The highest BCUT2D eigenvalue weighted by Crippen LogP contribution is 2.32. The molecule has 0 saturated carbocycles. The van der Waals surface area contributed by atoms with Gasteiger partial charge in [-0.25, -0.2) is 4.79 Å². The summed E-state index contributed by atoms with van der Waals surface area (Å²) in [6.45, 7) is 9.32. The Morgan fingerprint density at radius 3 is 2.46 bits per heavy atom. The van der Waals surface area contributed by atoms with E-state index in [0.29, 0.717) is 36.2 Å². The summed E-state index contributed by atoms with van der Waals surface area (Å²) in [7, 11) is 0. The standard InChI is InChI=1S/C18H24BrF3N2O2/c1-12-10-24(16(25)26-17(2,3)4)8-7-23(12)11-13-9-14(18(20,21)22)5-6-15(13)19/h5-6,9,12H,7-8,10-11H2,1-4H3/t12-/m1/s1. The molecule has 1 amide bonds. The Hall–Kier alpha value is -1.28. The first-order valence-electron chi connectivity index (χ1n) is 8.44. The first kappa shape index (κ1) is 21.0. The predicted molar refractivity (Wildman–Crippen MR) is 96.8 cm³/mol. The highest BCUT2D eigenvalue weighted by atomic mass is 79.9. The molecule has 0 spiro atoms. The quantitative estimate of drug-likeness (QED) is 0.660. The fraction of sp³-hybridized carbons (Fsp3) is 0.611. The zero-order valence-electron chi connectivity index (χ0n) is 15.4. The number of rotatable bonds is 2. The molecule has 0 aliphatic carbocycles. The second-order valence-electron chi connectivity index (χ2n) is 7.55. The maximum absolute atomic E-state index is 12.9. The van der Waals surface area contributed by atoms with Crippen LogP contribution in [0.1, 0.15) is 38.8 Å².